The number of aromatic nitrogens is 4. The van der Waals surface area contributed by atoms with Crippen molar-refractivity contribution < 1.29 is 9.59 Å². The normalized spacial score (nSPS) is 14.8. The molecule has 1 aliphatic rings. The zero-order valence-electron chi connectivity index (χ0n) is 14.3. The monoisotopic (exact) mass is 342 g/mol. The van der Waals surface area contributed by atoms with Crippen LogP contribution in [0.4, 0.5) is 5.95 Å². The van der Waals surface area contributed by atoms with E-state index in [1.54, 1.807) is 12.1 Å². The van der Waals surface area contributed by atoms with Crippen molar-refractivity contribution in [3.8, 4) is 0 Å². The van der Waals surface area contributed by atoms with Gasteiger partial charge in [-0.3, -0.25) is 14.9 Å². The van der Waals surface area contributed by atoms with Gasteiger partial charge in [-0.1, -0.05) is 18.9 Å². The van der Waals surface area contributed by atoms with Crippen LogP contribution in [0.1, 0.15) is 41.9 Å². The lowest BCUT2D eigenvalue weighted by Gasteiger charge is -2.19. The van der Waals surface area contributed by atoms with Crippen LogP contribution in [0.2, 0.25) is 0 Å². The molecule has 0 bridgehead atoms. The number of pyridine rings is 1. The van der Waals surface area contributed by atoms with E-state index in [-0.39, 0.29) is 24.3 Å². The molecule has 3 heterocycles. The Kier molecular flexibility index (Phi) is 5.37. The van der Waals surface area contributed by atoms with Crippen LogP contribution >= 0.6 is 0 Å². The Morgan fingerprint density at radius 1 is 1.16 bits per heavy atom. The molecule has 2 aromatic rings. The SMILES string of the molecule is Cc1cccc(C(=O)Nc2ncn(CC(=O)N3CCCCCC3)n2)n1. The predicted octanol–water partition coefficient (Wildman–Crippen LogP) is 1.64. The first-order valence-electron chi connectivity index (χ1n) is 8.54. The highest BCUT2D eigenvalue weighted by Gasteiger charge is 2.17. The molecule has 25 heavy (non-hydrogen) atoms. The summed E-state index contributed by atoms with van der Waals surface area (Å²) in [5.74, 6) is -0.178. The molecule has 8 nitrogen and oxygen atoms in total. The van der Waals surface area contributed by atoms with E-state index in [0.717, 1.165) is 31.6 Å². The minimum Gasteiger partial charge on any atom is -0.341 e. The summed E-state index contributed by atoms with van der Waals surface area (Å²) >= 11 is 0. The number of hydrogen-bond acceptors (Lipinski definition) is 5. The summed E-state index contributed by atoms with van der Waals surface area (Å²) in [4.78, 5) is 34.6. The topological polar surface area (TPSA) is 93.0 Å². The number of nitrogens with one attached hydrogen (secondary N) is 1. The van der Waals surface area contributed by atoms with Crippen LogP contribution in [0.3, 0.4) is 0 Å². The summed E-state index contributed by atoms with van der Waals surface area (Å²) in [6, 6.07) is 5.21. The third-order valence-corrected chi connectivity index (χ3v) is 4.14. The van der Waals surface area contributed by atoms with E-state index in [1.807, 2.05) is 17.9 Å². The first kappa shape index (κ1) is 17.1. The molecule has 2 aromatic heterocycles. The number of likely N-dealkylation sites (tertiary alicyclic amines) is 1. The summed E-state index contributed by atoms with van der Waals surface area (Å²) in [5.41, 5.74) is 1.06. The van der Waals surface area contributed by atoms with Crippen molar-refractivity contribution >= 4 is 17.8 Å². The zero-order chi connectivity index (χ0) is 17.6. The summed E-state index contributed by atoms with van der Waals surface area (Å²) in [7, 11) is 0. The molecule has 132 valence electrons. The number of carbonyl (C=O) groups excluding carboxylic acids is 2. The maximum atomic E-state index is 12.4. The van der Waals surface area contributed by atoms with E-state index in [4.69, 9.17) is 0 Å². The average Bonchev–Trinajstić information content (AvgIpc) is 2.85. The lowest BCUT2D eigenvalue weighted by atomic mass is 10.2. The number of nitrogens with zero attached hydrogens (tertiary/aromatic N) is 5. The number of anilines is 1. The third kappa shape index (κ3) is 4.62. The second-order valence-electron chi connectivity index (χ2n) is 6.18. The van der Waals surface area contributed by atoms with Gasteiger partial charge in [0, 0.05) is 18.8 Å². The Morgan fingerprint density at radius 2 is 1.92 bits per heavy atom. The molecule has 0 aromatic carbocycles. The molecule has 2 amide bonds. The first-order valence-corrected chi connectivity index (χ1v) is 8.54. The average molecular weight is 342 g/mol. The molecular weight excluding hydrogens is 320 g/mol. The van der Waals surface area contributed by atoms with Crippen molar-refractivity contribution in [3.05, 3.63) is 35.9 Å². The maximum Gasteiger partial charge on any atom is 0.276 e. The van der Waals surface area contributed by atoms with Gasteiger partial charge in [0.1, 0.15) is 18.6 Å². The molecule has 0 aliphatic carbocycles. The highest BCUT2D eigenvalue weighted by Crippen LogP contribution is 2.10. The van der Waals surface area contributed by atoms with E-state index < -0.39 is 0 Å². The lowest BCUT2D eigenvalue weighted by molar-refractivity contribution is -0.132. The number of amides is 2. The van der Waals surface area contributed by atoms with Gasteiger partial charge in [-0.05, 0) is 31.9 Å². The van der Waals surface area contributed by atoms with Crippen LogP contribution in [0.15, 0.2) is 24.5 Å². The van der Waals surface area contributed by atoms with E-state index in [9.17, 15) is 9.59 Å². The standard InChI is InChI=1S/C17H22N6O2/c1-13-7-6-8-14(19-13)16(25)20-17-18-12-23(21-17)11-15(24)22-9-4-2-3-5-10-22/h6-8,12H,2-5,9-11H2,1H3,(H,20,21,25). The predicted molar refractivity (Wildman–Crippen MR) is 92.0 cm³/mol. The number of hydrogen-bond donors (Lipinski definition) is 1. The quantitative estimate of drug-likeness (QED) is 0.912. The number of rotatable bonds is 4. The molecule has 1 saturated heterocycles. The van der Waals surface area contributed by atoms with Crippen LogP contribution in [-0.2, 0) is 11.3 Å². The van der Waals surface area contributed by atoms with Gasteiger partial charge in [0.05, 0.1) is 0 Å². The summed E-state index contributed by atoms with van der Waals surface area (Å²) < 4.78 is 1.45. The number of carbonyl (C=O) groups is 2. The Balaban J connectivity index is 1.58. The van der Waals surface area contributed by atoms with Crippen molar-refractivity contribution in [1.82, 2.24) is 24.6 Å². The van der Waals surface area contributed by atoms with Crippen LogP contribution in [0, 0.1) is 6.92 Å². The Labute approximate surface area is 146 Å². The third-order valence-electron chi connectivity index (χ3n) is 4.14. The fourth-order valence-corrected chi connectivity index (χ4v) is 2.82. The Bertz CT molecular complexity index is 749. The molecule has 0 spiro atoms. The Hall–Kier alpha value is -2.77. The van der Waals surface area contributed by atoms with Crippen molar-refractivity contribution in [2.45, 2.75) is 39.2 Å². The number of aryl methyl sites for hydroxylation is 1. The van der Waals surface area contributed by atoms with Gasteiger partial charge in [0.25, 0.3) is 5.91 Å². The van der Waals surface area contributed by atoms with Gasteiger partial charge < -0.3 is 4.90 Å². The van der Waals surface area contributed by atoms with Crippen LogP contribution in [-0.4, -0.2) is 49.6 Å². The van der Waals surface area contributed by atoms with Crippen molar-refractivity contribution in [2.24, 2.45) is 0 Å². The summed E-state index contributed by atoms with van der Waals surface area (Å²) in [5, 5.41) is 6.75. The maximum absolute atomic E-state index is 12.4. The molecule has 0 saturated carbocycles. The zero-order valence-corrected chi connectivity index (χ0v) is 14.3. The van der Waals surface area contributed by atoms with Crippen molar-refractivity contribution in [1.29, 1.82) is 0 Å². The van der Waals surface area contributed by atoms with Crippen molar-refractivity contribution in [2.75, 3.05) is 18.4 Å². The fourth-order valence-electron chi connectivity index (χ4n) is 2.82. The second-order valence-corrected chi connectivity index (χ2v) is 6.18. The highest BCUT2D eigenvalue weighted by molar-refractivity contribution is 6.01. The van der Waals surface area contributed by atoms with Crippen molar-refractivity contribution in [3.63, 3.8) is 0 Å². The second kappa shape index (κ2) is 7.87. The smallest absolute Gasteiger partial charge is 0.276 e. The Morgan fingerprint density at radius 3 is 2.64 bits per heavy atom. The van der Waals surface area contributed by atoms with Gasteiger partial charge in [-0.15, -0.1) is 5.10 Å². The minimum atomic E-state index is -0.375. The van der Waals surface area contributed by atoms with Gasteiger partial charge in [0.15, 0.2) is 0 Å². The van der Waals surface area contributed by atoms with Gasteiger partial charge in [-0.2, -0.15) is 0 Å². The van der Waals surface area contributed by atoms with Crippen LogP contribution < -0.4 is 5.32 Å². The van der Waals surface area contributed by atoms with Gasteiger partial charge >= 0.3 is 0 Å². The molecule has 1 aliphatic heterocycles. The summed E-state index contributed by atoms with van der Waals surface area (Å²) in [6.07, 6.45) is 5.91. The minimum absolute atomic E-state index is 0.0324. The molecule has 0 radical (unpaired) electrons. The van der Waals surface area contributed by atoms with Gasteiger partial charge in [0.2, 0.25) is 11.9 Å². The molecule has 0 unspecified atom stereocenters. The van der Waals surface area contributed by atoms with E-state index in [0.29, 0.717) is 5.69 Å². The molecule has 3 rings (SSSR count). The lowest BCUT2D eigenvalue weighted by Crippen LogP contribution is -2.34. The largest absolute Gasteiger partial charge is 0.341 e. The highest BCUT2D eigenvalue weighted by atomic mass is 16.2. The summed E-state index contributed by atoms with van der Waals surface area (Å²) in [6.45, 7) is 3.55. The first-order chi connectivity index (χ1) is 12.1. The van der Waals surface area contributed by atoms with Crippen LogP contribution in [0.25, 0.3) is 0 Å². The molecular formula is C17H22N6O2. The van der Waals surface area contributed by atoms with E-state index in [1.165, 1.54) is 23.9 Å². The fraction of sp³-hybridized carbons (Fsp3) is 0.471. The van der Waals surface area contributed by atoms with Crippen LogP contribution in [0.5, 0.6) is 0 Å². The van der Waals surface area contributed by atoms with E-state index >= 15 is 0 Å². The molecule has 1 fully saturated rings. The molecule has 0 atom stereocenters. The molecule has 8 heteroatoms. The van der Waals surface area contributed by atoms with E-state index in [2.05, 4.69) is 20.4 Å². The van der Waals surface area contributed by atoms with Gasteiger partial charge in [-0.25, -0.2) is 14.6 Å². The molecule has 1 N–H and O–H groups in total.